The zero-order valence-corrected chi connectivity index (χ0v) is 9.72. The molecule has 1 aromatic rings. The van der Waals surface area contributed by atoms with E-state index in [1.54, 1.807) is 10.9 Å². The Morgan fingerprint density at radius 1 is 1.44 bits per heavy atom. The van der Waals surface area contributed by atoms with E-state index in [9.17, 15) is 4.79 Å². The van der Waals surface area contributed by atoms with Crippen LogP contribution in [0.2, 0.25) is 0 Å². The second-order valence-electron chi connectivity index (χ2n) is 4.73. The fourth-order valence-electron chi connectivity index (χ4n) is 2.22. The molecule has 1 saturated carbocycles. The first-order valence-electron chi connectivity index (χ1n) is 6.01. The highest BCUT2D eigenvalue weighted by atomic mass is 16.2. The van der Waals surface area contributed by atoms with Crippen LogP contribution in [0.5, 0.6) is 0 Å². The molecule has 88 valence electrons. The first kappa shape index (κ1) is 11.2. The summed E-state index contributed by atoms with van der Waals surface area (Å²) in [6.45, 7) is 2.61. The summed E-state index contributed by atoms with van der Waals surface area (Å²) < 4.78 is 1.65. The van der Waals surface area contributed by atoms with Gasteiger partial charge >= 0.3 is 0 Å². The number of carbonyl (C=O) groups excluding carboxylic acids is 1. The van der Waals surface area contributed by atoms with Crippen LogP contribution in [0.25, 0.3) is 0 Å². The largest absolute Gasteiger partial charge is 0.352 e. The van der Waals surface area contributed by atoms with Crippen LogP contribution in [0, 0.1) is 5.92 Å². The third-order valence-electron chi connectivity index (χ3n) is 3.25. The Morgan fingerprint density at radius 3 is 2.81 bits per heavy atom. The van der Waals surface area contributed by atoms with Crippen molar-refractivity contribution in [3.8, 4) is 0 Å². The molecule has 16 heavy (non-hydrogen) atoms. The molecule has 1 amide bonds. The van der Waals surface area contributed by atoms with Gasteiger partial charge in [-0.1, -0.05) is 6.92 Å². The fourth-order valence-corrected chi connectivity index (χ4v) is 2.22. The Kier molecular flexibility index (Phi) is 3.59. The lowest BCUT2D eigenvalue weighted by Crippen LogP contribution is -2.39. The van der Waals surface area contributed by atoms with E-state index in [1.165, 1.54) is 12.8 Å². The topological polar surface area (TPSA) is 46.9 Å². The molecule has 0 radical (unpaired) electrons. The van der Waals surface area contributed by atoms with Crippen LogP contribution in [0.3, 0.4) is 0 Å². The van der Waals surface area contributed by atoms with Crippen LogP contribution in [-0.4, -0.2) is 21.7 Å². The maximum Gasteiger partial charge on any atom is 0.241 e. The highest BCUT2D eigenvalue weighted by Crippen LogP contribution is 2.23. The zero-order valence-electron chi connectivity index (χ0n) is 9.72. The van der Waals surface area contributed by atoms with Gasteiger partial charge in [-0.05, 0) is 37.7 Å². The van der Waals surface area contributed by atoms with Gasteiger partial charge in [0.05, 0.1) is 0 Å². The van der Waals surface area contributed by atoms with Gasteiger partial charge in [0.2, 0.25) is 5.91 Å². The average molecular weight is 221 g/mol. The maximum atomic E-state index is 11.7. The Labute approximate surface area is 96.0 Å². The van der Waals surface area contributed by atoms with Gasteiger partial charge < -0.3 is 5.32 Å². The van der Waals surface area contributed by atoms with E-state index in [-0.39, 0.29) is 5.91 Å². The number of nitrogens with one attached hydrogen (secondary N) is 1. The molecule has 1 aliphatic rings. The van der Waals surface area contributed by atoms with Crippen molar-refractivity contribution in [2.45, 2.75) is 45.2 Å². The van der Waals surface area contributed by atoms with E-state index < -0.39 is 0 Å². The lowest BCUT2D eigenvalue weighted by atomic mass is 9.87. The lowest BCUT2D eigenvalue weighted by molar-refractivity contribution is -0.122. The standard InChI is InChI=1S/C12H19N3O/c1-10-3-5-11(6-4-10)14-12(16)9-15-8-2-7-13-15/h2,7-8,10-11H,3-6,9H2,1H3,(H,14,16). The summed E-state index contributed by atoms with van der Waals surface area (Å²) in [5.74, 6) is 0.891. The summed E-state index contributed by atoms with van der Waals surface area (Å²) in [7, 11) is 0. The minimum atomic E-state index is 0.0725. The summed E-state index contributed by atoms with van der Waals surface area (Å²) in [5, 5.41) is 7.10. The molecular formula is C12H19N3O. The molecule has 0 saturated heterocycles. The summed E-state index contributed by atoms with van der Waals surface area (Å²) in [5.41, 5.74) is 0. The summed E-state index contributed by atoms with van der Waals surface area (Å²) in [6, 6.07) is 2.20. The van der Waals surface area contributed by atoms with Crippen molar-refractivity contribution in [2.75, 3.05) is 0 Å². The highest BCUT2D eigenvalue weighted by molar-refractivity contribution is 5.75. The summed E-state index contributed by atoms with van der Waals surface area (Å²) in [6.07, 6.45) is 8.19. The van der Waals surface area contributed by atoms with E-state index in [1.807, 2.05) is 12.3 Å². The second-order valence-corrected chi connectivity index (χ2v) is 4.73. The van der Waals surface area contributed by atoms with E-state index in [0.29, 0.717) is 12.6 Å². The van der Waals surface area contributed by atoms with Crippen molar-refractivity contribution in [1.29, 1.82) is 0 Å². The van der Waals surface area contributed by atoms with E-state index in [4.69, 9.17) is 0 Å². The van der Waals surface area contributed by atoms with Crippen molar-refractivity contribution in [2.24, 2.45) is 5.92 Å². The van der Waals surface area contributed by atoms with Crippen LogP contribution >= 0.6 is 0 Å². The minimum absolute atomic E-state index is 0.0725. The van der Waals surface area contributed by atoms with Crippen LogP contribution in [0.15, 0.2) is 18.5 Å². The molecule has 0 unspecified atom stereocenters. The Morgan fingerprint density at radius 2 is 2.19 bits per heavy atom. The van der Waals surface area contributed by atoms with Gasteiger partial charge in [-0.2, -0.15) is 5.10 Å². The van der Waals surface area contributed by atoms with Gasteiger partial charge in [-0.3, -0.25) is 9.48 Å². The monoisotopic (exact) mass is 221 g/mol. The number of nitrogens with zero attached hydrogens (tertiary/aromatic N) is 2. The quantitative estimate of drug-likeness (QED) is 0.842. The normalized spacial score (nSPS) is 25.3. The molecule has 4 nitrogen and oxygen atoms in total. The molecular weight excluding hydrogens is 202 g/mol. The molecule has 0 spiro atoms. The predicted molar refractivity (Wildman–Crippen MR) is 61.8 cm³/mol. The Balaban J connectivity index is 1.75. The fraction of sp³-hybridized carbons (Fsp3) is 0.667. The van der Waals surface area contributed by atoms with Gasteiger partial charge in [-0.15, -0.1) is 0 Å². The third kappa shape index (κ3) is 3.08. The highest BCUT2D eigenvalue weighted by Gasteiger charge is 2.19. The number of aromatic nitrogens is 2. The van der Waals surface area contributed by atoms with Crippen molar-refractivity contribution in [3.05, 3.63) is 18.5 Å². The summed E-state index contributed by atoms with van der Waals surface area (Å²) >= 11 is 0. The second kappa shape index (κ2) is 5.14. The number of amides is 1. The van der Waals surface area contributed by atoms with E-state index >= 15 is 0 Å². The van der Waals surface area contributed by atoms with Crippen molar-refractivity contribution < 1.29 is 4.79 Å². The Bertz CT molecular complexity index is 326. The van der Waals surface area contributed by atoms with Crippen LogP contribution < -0.4 is 5.32 Å². The molecule has 0 bridgehead atoms. The molecule has 1 aliphatic carbocycles. The maximum absolute atomic E-state index is 11.7. The van der Waals surface area contributed by atoms with Crippen LogP contribution in [0.1, 0.15) is 32.6 Å². The van der Waals surface area contributed by atoms with Crippen LogP contribution in [-0.2, 0) is 11.3 Å². The zero-order chi connectivity index (χ0) is 11.4. The number of carbonyl (C=O) groups is 1. The smallest absolute Gasteiger partial charge is 0.241 e. The third-order valence-corrected chi connectivity index (χ3v) is 3.25. The SMILES string of the molecule is CC1CCC(NC(=O)Cn2cccn2)CC1. The first-order valence-corrected chi connectivity index (χ1v) is 6.01. The number of rotatable bonds is 3. The van der Waals surface area contributed by atoms with Gasteiger partial charge in [0, 0.05) is 18.4 Å². The molecule has 2 rings (SSSR count). The van der Waals surface area contributed by atoms with Crippen molar-refractivity contribution >= 4 is 5.91 Å². The van der Waals surface area contributed by atoms with Crippen molar-refractivity contribution in [1.82, 2.24) is 15.1 Å². The average Bonchev–Trinajstić information content (AvgIpc) is 2.74. The molecule has 4 heteroatoms. The van der Waals surface area contributed by atoms with Gasteiger partial charge in [0.1, 0.15) is 6.54 Å². The van der Waals surface area contributed by atoms with E-state index in [0.717, 1.165) is 18.8 Å². The van der Waals surface area contributed by atoms with Gasteiger partial charge in [0.15, 0.2) is 0 Å². The Hall–Kier alpha value is -1.32. The molecule has 1 fully saturated rings. The minimum Gasteiger partial charge on any atom is -0.352 e. The first-order chi connectivity index (χ1) is 7.74. The molecule has 0 aromatic carbocycles. The van der Waals surface area contributed by atoms with Crippen molar-refractivity contribution in [3.63, 3.8) is 0 Å². The van der Waals surface area contributed by atoms with Gasteiger partial charge in [-0.25, -0.2) is 0 Å². The molecule has 0 atom stereocenters. The molecule has 0 aliphatic heterocycles. The van der Waals surface area contributed by atoms with E-state index in [2.05, 4.69) is 17.3 Å². The molecule has 1 aromatic heterocycles. The number of hydrogen-bond acceptors (Lipinski definition) is 2. The van der Waals surface area contributed by atoms with Crippen LogP contribution in [0.4, 0.5) is 0 Å². The van der Waals surface area contributed by atoms with Gasteiger partial charge in [0.25, 0.3) is 0 Å². The molecule has 1 heterocycles. The lowest BCUT2D eigenvalue weighted by Gasteiger charge is -2.26. The summed E-state index contributed by atoms with van der Waals surface area (Å²) in [4.78, 5) is 11.7. The number of hydrogen-bond donors (Lipinski definition) is 1. The molecule has 1 N–H and O–H groups in total. The predicted octanol–water partition coefficient (Wildman–Crippen LogP) is 1.58.